The van der Waals surface area contributed by atoms with Crippen LogP contribution in [0.25, 0.3) is 0 Å². The highest BCUT2D eigenvalue weighted by Gasteiger charge is 2.60. The van der Waals surface area contributed by atoms with Gasteiger partial charge in [-0.15, -0.1) is 0 Å². The first-order valence-electron chi connectivity index (χ1n) is 10.2. The van der Waals surface area contributed by atoms with Gasteiger partial charge in [0.1, 0.15) is 11.7 Å². The molecule has 0 aromatic heterocycles. The van der Waals surface area contributed by atoms with Crippen molar-refractivity contribution in [2.75, 3.05) is 17.1 Å². The number of anilines is 2. The zero-order valence-corrected chi connectivity index (χ0v) is 17.3. The topological polar surface area (TPSA) is 59.1 Å². The second kappa shape index (κ2) is 7.56. The van der Waals surface area contributed by atoms with Crippen LogP contribution >= 0.6 is 0 Å². The van der Waals surface area contributed by atoms with Crippen LogP contribution in [0, 0.1) is 12.8 Å². The number of carbonyl (C=O) groups excluding carboxylic acids is 2. The number of para-hydroxylation sites is 2. The van der Waals surface area contributed by atoms with Crippen molar-refractivity contribution in [1.29, 1.82) is 0 Å². The summed E-state index contributed by atoms with van der Waals surface area (Å²) in [5.41, 5.74) is 3.14. The Morgan fingerprint density at radius 1 is 0.839 bits per heavy atom. The average molecular weight is 414 g/mol. The van der Waals surface area contributed by atoms with Crippen molar-refractivity contribution in [3.63, 3.8) is 0 Å². The van der Waals surface area contributed by atoms with Crippen molar-refractivity contribution in [2.24, 2.45) is 5.92 Å². The van der Waals surface area contributed by atoms with E-state index in [1.807, 2.05) is 79.7 Å². The number of imide groups is 1. The molecule has 156 valence electrons. The molecule has 0 spiro atoms. The molecular formula is C25H22N2O4. The summed E-state index contributed by atoms with van der Waals surface area (Å²) in [6.45, 7) is 1.89. The lowest BCUT2D eigenvalue weighted by molar-refractivity contribution is -0.126. The first kappa shape index (κ1) is 19.3. The molecule has 2 aliphatic rings. The van der Waals surface area contributed by atoms with E-state index in [1.54, 1.807) is 18.2 Å². The minimum atomic E-state index is -0.876. The molecule has 2 fully saturated rings. The van der Waals surface area contributed by atoms with Gasteiger partial charge in [-0.05, 0) is 48.4 Å². The monoisotopic (exact) mass is 414 g/mol. The number of nitrogens with zero attached hydrogens (tertiary/aromatic N) is 2. The third kappa shape index (κ3) is 3.07. The quantitative estimate of drug-likeness (QED) is 0.603. The summed E-state index contributed by atoms with van der Waals surface area (Å²) in [6.07, 6.45) is -0.876. The van der Waals surface area contributed by atoms with E-state index < -0.39 is 18.1 Å². The van der Waals surface area contributed by atoms with E-state index in [0.29, 0.717) is 5.69 Å². The molecule has 31 heavy (non-hydrogen) atoms. The molecular weight excluding hydrogens is 392 g/mol. The van der Waals surface area contributed by atoms with Crippen LogP contribution in [-0.2, 0) is 14.4 Å². The third-order valence-corrected chi connectivity index (χ3v) is 5.94. The van der Waals surface area contributed by atoms with Gasteiger partial charge in [-0.3, -0.25) is 14.4 Å². The highest BCUT2D eigenvalue weighted by atomic mass is 16.7. The van der Waals surface area contributed by atoms with E-state index in [0.717, 1.165) is 22.6 Å². The number of hydrogen-bond acceptors (Lipinski definition) is 5. The molecule has 2 amide bonds. The Balaban J connectivity index is 1.59. The Bertz CT molecular complexity index is 1130. The molecule has 2 saturated heterocycles. The SMILES string of the molecule is COc1ccc([C@@H]2[C@H]3C(=O)N(c4ccccc4C)C(=O)[C@H]3ON2c2ccccc2)cc1. The number of hydroxylamine groups is 1. The molecule has 0 bridgehead atoms. The zero-order chi connectivity index (χ0) is 21.5. The Hall–Kier alpha value is -3.64. The summed E-state index contributed by atoms with van der Waals surface area (Å²) in [5.74, 6) is -0.508. The number of rotatable bonds is 4. The van der Waals surface area contributed by atoms with Crippen LogP contribution in [0.5, 0.6) is 5.75 Å². The van der Waals surface area contributed by atoms with Crippen molar-refractivity contribution in [3.8, 4) is 5.75 Å². The Labute approximate surface area is 180 Å². The lowest BCUT2D eigenvalue weighted by Gasteiger charge is -2.29. The molecule has 0 aliphatic carbocycles. The van der Waals surface area contributed by atoms with Crippen LogP contribution in [0.4, 0.5) is 11.4 Å². The van der Waals surface area contributed by atoms with Crippen LogP contribution in [-0.4, -0.2) is 25.0 Å². The van der Waals surface area contributed by atoms with Gasteiger partial charge in [-0.2, -0.15) is 0 Å². The van der Waals surface area contributed by atoms with Gasteiger partial charge in [-0.25, -0.2) is 9.96 Å². The van der Waals surface area contributed by atoms with E-state index in [1.165, 1.54) is 4.90 Å². The lowest BCUT2D eigenvalue weighted by atomic mass is 9.90. The third-order valence-electron chi connectivity index (χ3n) is 5.94. The molecule has 0 saturated carbocycles. The first-order valence-corrected chi connectivity index (χ1v) is 10.2. The Kier molecular flexibility index (Phi) is 4.71. The molecule has 3 aromatic rings. The number of ether oxygens (including phenoxy) is 1. The summed E-state index contributed by atoms with van der Waals surface area (Å²) in [6, 6.07) is 24.0. The molecule has 0 unspecified atom stereocenters. The molecule has 6 heteroatoms. The Morgan fingerprint density at radius 3 is 2.19 bits per heavy atom. The maximum Gasteiger partial charge on any atom is 0.266 e. The number of methoxy groups -OCH3 is 1. The first-order chi connectivity index (χ1) is 15.1. The van der Waals surface area contributed by atoms with Crippen LogP contribution < -0.4 is 14.7 Å². The minimum Gasteiger partial charge on any atom is -0.497 e. The summed E-state index contributed by atoms with van der Waals surface area (Å²) >= 11 is 0. The highest BCUT2D eigenvalue weighted by Crippen LogP contribution is 2.48. The summed E-state index contributed by atoms with van der Waals surface area (Å²) < 4.78 is 5.28. The predicted octanol–water partition coefficient (Wildman–Crippen LogP) is 4.05. The van der Waals surface area contributed by atoms with Crippen molar-refractivity contribution >= 4 is 23.2 Å². The Morgan fingerprint density at radius 2 is 1.52 bits per heavy atom. The fourth-order valence-electron chi connectivity index (χ4n) is 4.41. The highest BCUT2D eigenvalue weighted by molar-refractivity contribution is 6.24. The number of benzene rings is 3. The van der Waals surface area contributed by atoms with Crippen molar-refractivity contribution in [2.45, 2.75) is 19.1 Å². The second-order valence-corrected chi connectivity index (χ2v) is 7.73. The summed E-state index contributed by atoms with van der Waals surface area (Å²) in [4.78, 5) is 34.4. The van der Waals surface area contributed by atoms with Gasteiger partial charge >= 0.3 is 0 Å². The van der Waals surface area contributed by atoms with E-state index in [4.69, 9.17) is 9.57 Å². The van der Waals surface area contributed by atoms with Crippen LogP contribution in [0.3, 0.4) is 0 Å². The molecule has 0 N–H and O–H groups in total. The molecule has 2 heterocycles. The number of amides is 2. The van der Waals surface area contributed by atoms with Gasteiger partial charge in [-0.1, -0.05) is 48.5 Å². The number of fused-ring (bicyclic) bond motifs is 1. The molecule has 0 radical (unpaired) electrons. The van der Waals surface area contributed by atoms with Gasteiger partial charge < -0.3 is 4.74 Å². The molecule has 2 aliphatic heterocycles. The van der Waals surface area contributed by atoms with Crippen molar-refractivity contribution in [1.82, 2.24) is 0 Å². The normalized spacial score (nSPS) is 22.7. The number of carbonyl (C=O) groups is 2. The smallest absolute Gasteiger partial charge is 0.266 e. The van der Waals surface area contributed by atoms with E-state index in [2.05, 4.69) is 0 Å². The molecule has 3 atom stereocenters. The average Bonchev–Trinajstić information content (AvgIpc) is 3.31. The fraction of sp³-hybridized carbons (Fsp3) is 0.200. The zero-order valence-electron chi connectivity index (χ0n) is 17.3. The van der Waals surface area contributed by atoms with Gasteiger partial charge in [0, 0.05) is 0 Å². The van der Waals surface area contributed by atoms with Gasteiger partial charge in [0.25, 0.3) is 5.91 Å². The molecule has 3 aromatic carbocycles. The van der Waals surface area contributed by atoms with Crippen LogP contribution in [0.15, 0.2) is 78.9 Å². The van der Waals surface area contributed by atoms with Gasteiger partial charge in [0.15, 0.2) is 6.10 Å². The summed E-state index contributed by atoms with van der Waals surface area (Å²) in [7, 11) is 1.61. The van der Waals surface area contributed by atoms with E-state index >= 15 is 0 Å². The van der Waals surface area contributed by atoms with Crippen LogP contribution in [0.1, 0.15) is 17.2 Å². The van der Waals surface area contributed by atoms with Gasteiger partial charge in [0.05, 0.1) is 24.5 Å². The number of hydrogen-bond donors (Lipinski definition) is 0. The molecule has 6 nitrogen and oxygen atoms in total. The number of aryl methyl sites for hydroxylation is 1. The largest absolute Gasteiger partial charge is 0.497 e. The van der Waals surface area contributed by atoms with Crippen LogP contribution in [0.2, 0.25) is 0 Å². The summed E-state index contributed by atoms with van der Waals surface area (Å²) in [5, 5.41) is 1.70. The standard InChI is InChI=1S/C25H22N2O4/c1-16-8-6-7-11-20(16)26-24(28)21-22(17-12-14-19(30-2)15-13-17)27(31-23(21)25(26)29)18-9-4-3-5-10-18/h3-15,21-23H,1-2H3/t21-,22-,23+/m1/s1. The fourth-order valence-corrected chi connectivity index (χ4v) is 4.41. The maximum absolute atomic E-state index is 13.6. The van der Waals surface area contributed by atoms with E-state index in [-0.39, 0.29) is 11.8 Å². The maximum atomic E-state index is 13.6. The predicted molar refractivity (Wildman–Crippen MR) is 117 cm³/mol. The minimum absolute atomic E-state index is 0.247. The van der Waals surface area contributed by atoms with Crippen molar-refractivity contribution < 1.29 is 19.2 Å². The molecule has 5 rings (SSSR count). The van der Waals surface area contributed by atoms with E-state index in [9.17, 15) is 9.59 Å². The van der Waals surface area contributed by atoms with Crippen molar-refractivity contribution in [3.05, 3.63) is 90.0 Å². The lowest BCUT2D eigenvalue weighted by Crippen LogP contribution is -2.37. The second-order valence-electron chi connectivity index (χ2n) is 7.73. The van der Waals surface area contributed by atoms with Gasteiger partial charge in [0.2, 0.25) is 5.91 Å².